The largest absolute Gasteiger partial charge is 0.382 e. The van der Waals surface area contributed by atoms with E-state index in [2.05, 4.69) is 15.3 Å². The van der Waals surface area contributed by atoms with Crippen LogP contribution in [-0.4, -0.2) is 9.97 Å². The van der Waals surface area contributed by atoms with Crippen molar-refractivity contribution in [3.63, 3.8) is 0 Å². The molecule has 1 aromatic carbocycles. The summed E-state index contributed by atoms with van der Waals surface area (Å²) < 4.78 is 12.9. The van der Waals surface area contributed by atoms with Crippen LogP contribution in [0.5, 0.6) is 0 Å². The minimum atomic E-state index is -0.248. The minimum Gasteiger partial charge on any atom is -0.382 e. The molecule has 3 N–H and O–H groups in total. The molecule has 0 saturated carbocycles. The van der Waals surface area contributed by atoms with Crippen molar-refractivity contribution in [2.75, 3.05) is 11.1 Å². The zero-order valence-electron chi connectivity index (χ0n) is 8.52. The van der Waals surface area contributed by atoms with Crippen LogP contribution >= 0.6 is 0 Å². The first-order chi connectivity index (χ1) is 7.74. The summed E-state index contributed by atoms with van der Waals surface area (Å²) in [5.41, 5.74) is 6.25. The standard InChI is InChI=1S/C11H11FN4/c12-9-3-1-2-8(4-9)5-15-11-7-14-10(13)6-16-11/h1-4,6-7H,5H2,(H2,13,14)(H,15,16). The number of nitrogens with one attached hydrogen (secondary N) is 1. The highest BCUT2D eigenvalue weighted by molar-refractivity contribution is 5.36. The fourth-order valence-electron chi connectivity index (χ4n) is 1.27. The number of hydrogen-bond acceptors (Lipinski definition) is 4. The number of benzene rings is 1. The Balaban J connectivity index is 1.99. The summed E-state index contributed by atoms with van der Waals surface area (Å²) in [4.78, 5) is 7.91. The Morgan fingerprint density at radius 3 is 2.81 bits per heavy atom. The van der Waals surface area contributed by atoms with Crippen molar-refractivity contribution in [2.24, 2.45) is 0 Å². The number of nitrogens with two attached hydrogens (primary N) is 1. The van der Waals surface area contributed by atoms with E-state index in [-0.39, 0.29) is 5.82 Å². The maximum Gasteiger partial charge on any atom is 0.144 e. The molecular formula is C11H11FN4. The first kappa shape index (κ1) is 10.4. The van der Waals surface area contributed by atoms with E-state index in [1.807, 2.05) is 6.07 Å². The molecule has 2 rings (SSSR count). The van der Waals surface area contributed by atoms with Gasteiger partial charge in [0, 0.05) is 6.54 Å². The van der Waals surface area contributed by atoms with E-state index in [9.17, 15) is 4.39 Å². The lowest BCUT2D eigenvalue weighted by atomic mass is 10.2. The Labute approximate surface area is 92.3 Å². The van der Waals surface area contributed by atoms with Crippen LogP contribution in [0.2, 0.25) is 0 Å². The van der Waals surface area contributed by atoms with E-state index in [0.717, 1.165) is 5.56 Å². The van der Waals surface area contributed by atoms with Crippen molar-refractivity contribution in [1.82, 2.24) is 9.97 Å². The second-order valence-electron chi connectivity index (χ2n) is 3.31. The molecule has 1 heterocycles. The van der Waals surface area contributed by atoms with E-state index in [1.54, 1.807) is 6.07 Å². The summed E-state index contributed by atoms with van der Waals surface area (Å²) in [5.74, 6) is 0.734. The smallest absolute Gasteiger partial charge is 0.144 e. The molecule has 0 unspecified atom stereocenters. The summed E-state index contributed by atoms with van der Waals surface area (Å²) in [7, 11) is 0. The SMILES string of the molecule is Nc1cnc(NCc2cccc(F)c2)cn1. The van der Waals surface area contributed by atoms with Gasteiger partial charge in [-0.25, -0.2) is 14.4 Å². The van der Waals surface area contributed by atoms with Gasteiger partial charge in [0.15, 0.2) is 0 Å². The monoisotopic (exact) mass is 218 g/mol. The number of nitrogen functional groups attached to an aromatic ring is 1. The molecule has 0 bridgehead atoms. The lowest BCUT2D eigenvalue weighted by molar-refractivity contribution is 0.626. The Morgan fingerprint density at radius 2 is 2.12 bits per heavy atom. The van der Waals surface area contributed by atoms with Crippen LogP contribution in [0.4, 0.5) is 16.0 Å². The number of nitrogens with zero attached hydrogens (tertiary/aromatic N) is 2. The van der Waals surface area contributed by atoms with Gasteiger partial charge in [0.05, 0.1) is 12.4 Å². The molecule has 0 radical (unpaired) electrons. The Kier molecular flexibility index (Phi) is 2.95. The third kappa shape index (κ3) is 2.66. The molecular weight excluding hydrogens is 207 g/mol. The van der Waals surface area contributed by atoms with Gasteiger partial charge in [0.1, 0.15) is 17.5 Å². The Morgan fingerprint density at radius 1 is 1.25 bits per heavy atom. The van der Waals surface area contributed by atoms with Crippen molar-refractivity contribution in [3.05, 3.63) is 48.0 Å². The highest BCUT2D eigenvalue weighted by atomic mass is 19.1. The molecule has 0 amide bonds. The van der Waals surface area contributed by atoms with Gasteiger partial charge in [0.25, 0.3) is 0 Å². The molecule has 0 aliphatic heterocycles. The number of halogens is 1. The molecule has 0 fully saturated rings. The van der Waals surface area contributed by atoms with E-state index in [0.29, 0.717) is 18.2 Å². The van der Waals surface area contributed by atoms with Gasteiger partial charge >= 0.3 is 0 Å². The van der Waals surface area contributed by atoms with E-state index < -0.39 is 0 Å². The molecule has 2 aromatic rings. The maximum absolute atomic E-state index is 12.9. The van der Waals surface area contributed by atoms with E-state index in [4.69, 9.17) is 5.73 Å². The van der Waals surface area contributed by atoms with Crippen molar-refractivity contribution in [1.29, 1.82) is 0 Å². The third-order valence-electron chi connectivity index (χ3n) is 2.03. The van der Waals surface area contributed by atoms with Gasteiger partial charge in [-0.2, -0.15) is 0 Å². The summed E-state index contributed by atoms with van der Waals surface area (Å²) >= 11 is 0. The van der Waals surface area contributed by atoms with Crippen LogP contribution in [0, 0.1) is 5.82 Å². The highest BCUT2D eigenvalue weighted by Gasteiger charge is 1.97. The molecule has 0 atom stereocenters. The fraction of sp³-hybridized carbons (Fsp3) is 0.0909. The molecule has 0 spiro atoms. The normalized spacial score (nSPS) is 10.1. The van der Waals surface area contributed by atoms with Crippen LogP contribution in [0.25, 0.3) is 0 Å². The second-order valence-corrected chi connectivity index (χ2v) is 3.31. The first-order valence-corrected chi connectivity index (χ1v) is 4.80. The highest BCUT2D eigenvalue weighted by Crippen LogP contribution is 2.07. The summed E-state index contributed by atoms with van der Waals surface area (Å²) in [5, 5.41) is 3.02. The van der Waals surface area contributed by atoms with Crippen molar-refractivity contribution < 1.29 is 4.39 Å². The van der Waals surface area contributed by atoms with Gasteiger partial charge in [-0.05, 0) is 17.7 Å². The number of anilines is 2. The van der Waals surface area contributed by atoms with Crippen LogP contribution in [-0.2, 0) is 6.54 Å². The van der Waals surface area contributed by atoms with Gasteiger partial charge in [0.2, 0.25) is 0 Å². The van der Waals surface area contributed by atoms with Crippen LogP contribution < -0.4 is 11.1 Å². The zero-order chi connectivity index (χ0) is 11.4. The molecule has 1 aromatic heterocycles. The van der Waals surface area contributed by atoms with E-state index >= 15 is 0 Å². The summed E-state index contributed by atoms with van der Waals surface area (Å²) in [6, 6.07) is 6.38. The molecule has 16 heavy (non-hydrogen) atoms. The first-order valence-electron chi connectivity index (χ1n) is 4.80. The molecule has 5 heteroatoms. The zero-order valence-corrected chi connectivity index (χ0v) is 8.52. The molecule has 82 valence electrons. The predicted molar refractivity (Wildman–Crippen MR) is 60.2 cm³/mol. The average molecular weight is 218 g/mol. The van der Waals surface area contributed by atoms with Crippen LogP contribution in [0.1, 0.15) is 5.56 Å². The second kappa shape index (κ2) is 4.57. The molecule has 4 nitrogen and oxygen atoms in total. The number of aromatic nitrogens is 2. The lowest BCUT2D eigenvalue weighted by Crippen LogP contribution is -2.02. The number of rotatable bonds is 3. The summed E-state index contributed by atoms with van der Waals surface area (Å²) in [6.45, 7) is 0.496. The summed E-state index contributed by atoms with van der Waals surface area (Å²) in [6.07, 6.45) is 3.00. The quantitative estimate of drug-likeness (QED) is 0.824. The third-order valence-corrected chi connectivity index (χ3v) is 2.03. The molecule has 0 aliphatic carbocycles. The van der Waals surface area contributed by atoms with Gasteiger partial charge < -0.3 is 11.1 Å². The fourth-order valence-corrected chi connectivity index (χ4v) is 1.27. The Hall–Kier alpha value is -2.17. The maximum atomic E-state index is 12.9. The molecule has 0 saturated heterocycles. The average Bonchev–Trinajstić information content (AvgIpc) is 2.28. The van der Waals surface area contributed by atoms with Gasteiger partial charge in [-0.15, -0.1) is 0 Å². The van der Waals surface area contributed by atoms with Crippen LogP contribution in [0.15, 0.2) is 36.7 Å². The number of hydrogen-bond donors (Lipinski definition) is 2. The van der Waals surface area contributed by atoms with Gasteiger partial charge in [-0.3, -0.25) is 0 Å². The van der Waals surface area contributed by atoms with Crippen molar-refractivity contribution in [3.8, 4) is 0 Å². The lowest BCUT2D eigenvalue weighted by Gasteiger charge is -2.05. The Bertz CT molecular complexity index is 470. The van der Waals surface area contributed by atoms with Crippen molar-refractivity contribution in [2.45, 2.75) is 6.54 Å². The van der Waals surface area contributed by atoms with Crippen molar-refractivity contribution >= 4 is 11.6 Å². The predicted octanol–water partition coefficient (Wildman–Crippen LogP) is 1.81. The van der Waals surface area contributed by atoms with Crippen LogP contribution in [0.3, 0.4) is 0 Å². The topological polar surface area (TPSA) is 63.8 Å². The minimum absolute atomic E-state index is 0.248. The molecule has 0 aliphatic rings. The van der Waals surface area contributed by atoms with Gasteiger partial charge in [-0.1, -0.05) is 12.1 Å². The van der Waals surface area contributed by atoms with E-state index in [1.165, 1.54) is 24.5 Å².